The van der Waals surface area contributed by atoms with Gasteiger partial charge in [0.05, 0.1) is 5.02 Å². The number of hydrogen-bond donors (Lipinski definition) is 1. The number of nitrogens with zero attached hydrogens (tertiary/aromatic N) is 1. The van der Waals surface area contributed by atoms with Crippen molar-refractivity contribution in [1.29, 1.82) is 0 Å². The first-order valence-corrected chi connectivity index (χ1v) is 4.84. The van der Waals surface area contributed by atoms with Gasteiger partial charge in [0.2, 0.25) is 0 Å². The highest BCUT2D eigenvalue weighted by Crippen LogP contribution is 2.28. The fourth-order valence-corrected chi connectivity index (χ4v) is 1.69. The molecular formula is C9H6BrClN2. The number of hydrogen-bond acceptors (Lipinski definition) is 2. The molecular weight excluding hydrogens is 251 g/mol. The Balaban J connectivity index is 2.81. The Hall–Kier alpha value is -0.800. The lowest BCUT2D eigenvalue weighted by Crippen LogP contribution is -1.88. The summed E-state index contributed by atoms with van der Waals surface area (Å²) in [7, 11) is 0. The molecule has 0 saturated heterocycles. The lowest BCUT2D eigenvalue weighted by molar-refractivity contribution is 1.37. The molecule has 1 aromatic carbocycles. The van der Waals surface area contributed by atoms with E-state index in [2.05, 4.69) is 20.9 Å². The predicted molar refractivity (Wildman–Crippen MR) is 58.9 cm³/mol. The van der Waals surface area contributed by atoms with Gasteiger partial charge in [0.1, 0.15) is 5.82 Å². The van der Waals surface area contributed by atoms with Gasteiger partial charge in [-0.15, -0.1) is 0 Å². The molecule has 0 spiro atoms. The average Bonchev–Trinajstić information content (AvgIpc) is 2.08. The van der Waals surface area contributed by atoms with E-state index < -0.39 is 0 Å². The Morgan fingerprint density at radius 3 is 2.77 bits per heavy atom. The topological polar surface area (TPSA) is 38.9 Å². The van der Waals surface area contributed by atoms with Crippen LogP contribution in [0.4, 0.5) is 5.82 Å². The summed E-state index contributed by atoms with van der Waals surface area (Å²) in [6, 6.07) is 5.60. The Morgan fingerprint density at radius 2 is 2.00 bits per heavy atom. The quantitative estimate of drug-likeness (QED) is 0.787. The van der Waals surface area contributed by atoms with Crippen molar-refractivity contribution in [2.75, 3.05) is 5.73 Å². The smallest absolute Gasteiger partial charge is 0.123 e. The molecule has 0 aliphatic heterocycles. The summed E-state index contributed by atoms with van der Waals surface area (Å²) in [6.07, 6.45) is 1.71. The van der Waals surface area contributed by atoms with Gasteiger partial charge in [-0.25, -0.2) is 4.98 Å². The SMILES string of the molecule is Nc1cc2cc(Br)c(Cl)cc2cn1. The van der Waals surface area contributed by atoms with Crippen molar-refractivity contribution in [1.82, 2.24) is 4.98 Å². The maximum atomic E-state index is 5.92. The predicted octanol–water partition coefficient (Wildman–Crippen LogP) is 3.23. The Kier molecular flexibility index (Phi) is 2.14. The van der Waals surface area contributed by atoms with Crippen molar-refractivity contribution >= 4 is 44.1 Å². The highest BCUT2D eigenvalue weighted by Gasteiger charge is 2.00. The highest BCUT2D eigenvalue weighted by atomic mass is 79.9. The Labute approximate surface area is 88.8 Å². The van der Waals surface area contributed by atoms with E-state index >= 15 is 0 Å². The molecule has 0 radical (unpaired) electrons. The number of benzene rings is 1. The standard InChI is InChI=1S/C9H6BrClN2/c10-7-1-5-3-9(12)13-4-6(5)2-8(7)11/h1-4H,(H2,12,13). The lowest BCUT2D eigenvalue weighted by atomic mass is 10.2. The van der Waals surface area contributed by atoms with E-state index in [0.717, 1.165) is 15.2 Å². The van der Waals surface area contributed by atoms with Crippen LogP contribution in [0.1, 0.15) is 0 Å². The molecule has 0 bridgehead atoms. The molecule has 0 atom stereocenters. The molecule has 0 amide bonds. The minimum atomic E-state index is 0.515. The first-order valence-electron chi connectivity index (χ1n) is 3.67. The molecule has 2 nitrogen and oxygen atoms in total. The number of nitrogen functional groups attached to an aromatic ring is 1. The molecule has 0 aliphatic carbocycles. The molecule has 1 heterocycles. The normalized spacial score (nSPS) is 10.6. The first kappa shape index (κ1) is 8.78. The van der Waals surface area contributed by atoms with Crippen LogP contribution in [-0.4, -0.2) is 4.98 Å². The van der Waals surface area contributed by atoms with Crippen LogP contribution in [0.5, 0.6) is 0 Å². The van der Waals surface area contributed by atoms with E-state index in [4.69, 9.17) is 17.3 Å². The number of rotatable bonds is 0. The van der Waals surface area contributed by atoms with Gasteiger partial charge < -0.3 is 5.73 Å². The second kappa shape index (κ2) is 3.16. The molecule has 0 aliphatic rings. The zero-order valence-electron chi connectivity index (χ0n) is 6.59. The summed E-state index contributed by atoms with van der Waals surface area (Å²) < 4.78 is 0.868. The van der Waals surface area contributed by atoms with Gasteiger partial charge in [-0.2, -0.15) is 0 Å². The minimum Gasteiger partial charge on any atom is -0.384 e. The van der Waals surface area contributed by atoms with Crippen LogP contribution in [0.3, 0.4) is 0 Å². The van der Waals surface area contributed by atoms with Crippen molar-refractivity contribution in [3.05, 3.63) is 33.9 Å². The number of aromatic nitrogens is 1. The van der Waals surface area contributed by atoms with Gasteiger partial charge in [0.25, 0.3) is 0 Å². The van der Waals surface area contributed by atoms with Gasteiger partial charge >= 0.3 is 0 Å². The van der Waals surface area contributed by atoms with E-state index in [1.807, 2.05) is 18.2 Å². The minimum absolute atomic E-state index is 0.515. The maximum absolute atomic E-state index is 5.92. The summed E-state index contributed by atoms with van der Waals surface area (Å²) in [4.78, 5) is 3.98. The molecule has 13 heavy (non-hydrogen) atoms. The van der Waals surface area contributed by atoms with Crippen LogP contribution in [-0.2, 0) is 0 Å². The van der Waals surface area contributed by atoms with Gasteiger partial charge in [-0.1, -0.05) is 11.6 Å². The average molecular weight is 258 g/mol. The third kappa shape index (κ3) is 1.62. The Bertz CT molecular complexity index is 470. The maximum Gasteiger partial charge on any atom is 0.123 e. The largest absolute Gasteiger partial charge is 0.384 e. The number of halogens is 2. The first-order chi connectivity index (χ1) is 6.16. The molecule has 1 aromatic heterocycles. The van der Waals surface area contributed by atoms with Crippen molar-refractivity contribution in [2.45, 2.75) is 0 Å². The van der Waals surface area contributed by atoms with Crippen molar-refractivity contribution in [3.63, 3.8) is 0 Å². The van der Waals surface area contributed by atoms with Crippen LogP contribution >= 0.6 is 27.5 Å². The summed E-state index contributed by atoms with van der Waals surface area (Å²) >= 11 is 9.27. The van der Waals surface area contributed by atoms with Crippen molar-refractivity contribution in [3.8, 4) is 0 Å². The van der Waals surface area contributed by atoms with Gasteiger partial charge in [0, 0.05) is 16.1 Å². The Morgan fingerprint density at radius 1 is 1.23 bits per heavy atom. The van der Waals surface area contributed by atoms with E-state index in [1.165, 1.54) is 0 Å². The molecule has 0 unspecified atom stereocenters. The fraction of sp³-hybridized carbons (Fsp3) is 0. The lowest BCUT2D eigenvalue weighted by Gasteiger charge is -2.01. The van der Waals surface area contributed by atoms with E-state index in [0.29, 0.717) is 10.8 Å². The second-order valence-corrected chi connectivity index (χ2v) is 3.98. The van der Waals surface area contributed by atoms with Gasteiger partial charge in [-0.05, 0) is 39.5 Å². The van der Waals surface area contributed by atoms with Crippen molar-refractivity contribution < 1.29 is 0 Å². The molecule has 66 valence electrons. The van der Waals surface area contributed by atoms with Crippen LogP contribution in [0, 0.1) is 0 Å². The summed E-state index contributed by atoms with van der Waals surface area (Å²) in [5, 5.41) is 2.70. The van der Waals surface area contributed by atoms with E-state index in [-0.39, 0.29) is 0 Å². The van der Waals surface area contributed by atoms with Crippen LogP contribution in [0.25, 0.3) is 10.8 Å². The highest BCUT2D eigenvalue weighted by molar-refractivity contribution is 9.10. The molecule has 0 fully saturated rings. The van der Waals surface area contributed by atoms with Gasteiger partial charge in [-0.3, -0.25) is 0 Å². The molecule has 2 N–H and O–H groups in total. The van der Waals surface area contributed by atoms with Crippen LogP contribution in [0.15, 0.2) is 28.9 Å². The van der Waals surface area contributed by atoms with Crippen LogP contribution < -0.4 is 5.73 Å². The zero-order chi connectivity index (χ0) is 9.42. The second-order valence-electron chi connectivity index (χ2n) is 2.72. The van der Waals surface area contributed by atoms with Gasteiger partial charge in [0.15, 0.2) is 0 Å². The van der Waals surface area contributed by atoms with Crippen LogP contribution in [0.2, 0.25) is 5.02 Å². The zero-order valence-corrected chi connectivity index (χ0v) is 8.93. The molecule has 0 saturated carbocycles. The fourth-order valence-electron chi connectivity index (χ4n) is 1.16. The summed E-state index contributed by atoms with van der Waals surface area (Å²) in [6.45, 7) is 0. The number of pyridine rings is 1. The number of nitrogens with two attached hydrogens (primary N) is 1. The van der Waals surface area contributed by atoms with E-state index in [1.54, 1.807) is 6.20 Å². The molecule has 2 aromatic rings. The number of fused-ring (bicyclic) bond motifs is 1. The summed E-state index contributed by atoms with van der Waals surface area (Å²) in [5.41, 5.74) is 5.55. The van der Waals surface area contributed by atoms with Crippen molar-refractivity contribution in [2.24, 2.45) is 0 Å². The monoisotopic (exact) mass is 256 g/mol. The summed E-state index contributed by atoms with van der Waals surface area (Å²) in [5.74, 6) is 0.515. The third-order valence-corrected chi connectivity index (χ3v) is 2.98. The molecule has 4 heteroatoms. The third-order valence-electron chi connectivity index (χ3n) is 1.78. The molecule has 2 rings (SSSR count). The number of anilines is 1. The van der Waals surface area contributed by atoms with E-state index in [9.17, 15) is 0 Å².